The van der Waals surface area contributed by atoms with Crippen LogP contribution in [0, 0.1) is 11.8 Å². The summed E-state index contributed by atoms with van der Waals surface area (Å²) >= 11 is 17.9. The van der Waals surface area contributed by atoms with Crippen LogP contribution in [0.2, 0.25) is 15.1 Å². The SMILES string of the molecule is CCCC(C)C(C)COC(=O)c1c(Cl)c(Cl)cc(Cl)c1OC(=O)C(=O)O. The van der Waals surface area contributed by atoms with Crippen molar-refractivity contribution in [1.29, 1.82) is 0 Å². The Kier molecular flexibility index (Phi) is 8.67. The van der Waals surface area contributed by atoms with E-state index in [9.17, 15) is 14.4 Å². The number of carboxylic acids is 1. The average molecular weight is 426 g/mol. The number of carbonyl (C=O) groups excluding carboxylic acids is 2. The molecule has 6 nitrogen and oxygen atoms in total. The number of hydrogen-bond donors (Lipinski definition) is 1. The number of hydrogen-bond acceptors (Lipinski definition) is 5. The van der Waals surface area contributed by atoms with Crippen LogP contribution in [0.5, 0.6) is 5.75 Å². The van der Waals surface area contributed by atoms with Crippen LogP contribution in [0.25, 0.3) is 0 Å². The number of ether oxygens (including phenoxy) is 2. The topological polar surface area (TPSA) is 89.9 Å². The number of esters is 2. The second kappa shape index (κ2) is 10.00. The van der Waals surface area contributed by atoms with Crippen molar-refractivity contribution < 1.29 is 29.0 Å². The molecule has 2 unspecified atom stereocenters. The summed E-state index contributed by atoms with van der Waals surface area (Å²) in [6, 6.07) is 1.14. The van der Waals surface area contributed by atoms with Gasteiger partial charge >= 0.3 is 17.9 Å². The zero-order valence-electron chi connectivity index (χ0n) is 14.5. The Labute approximate surface area is 166 Å². The van der Waals surface area contributed by atoms with E-state index in [-0.39, 0.29) is 27.6 Å². The molecule has 0 saturated heterocycles. The molecule has 0 amide bonds. The molecule has 0 bridgehead atoms. The third kappa shape index (κ3) is 5.76. The minimum Gasteiger partial charge on any atom is -0.473 e. The van der Waals surface area contributed by atoms with E-state index in [0.29, 0.717) is 5.92 Å². The summed E-state index contributed by atoms with van der Waals surface area (Å²) in [5.74, 6) is -4.48. The van der Waals surface area contributed by atoms with Gasteiger partial charge in [-0.15, -0.1) is 0 Å². The van der Waals surface area contributed by atoms with Crippen molar-refractivity contribution in [3.63, 3.8) is 0 Å². The lowest BCUT2D eigenvalue weighted by molar-refractivity contribution is -0.158. The molecule has 0 saturated carbocycles. The predicted molar refractivity (Wildman–Crippen MR) is 98.3 cm³/mol. The standard InChI is InChI=1S/C17H19Cl3O6/c1-4-5-8(2)9(3)7-25-16(23)12-13(20)10(18)6-11(19)14(12)26-17(24)15(21)22/h6,8-9H,4-5,7H2,1-3H3,(H,21,22). The fourth-order valence-electron chi connectivity index (χ4n) is 2.18. The molecule has 0 radical (unpaired) electrons. The van der Waals surface area contributed by atoms with E-state index < -0.39 is 29.2 Å². The first kappa shape index (κ1) is 22.5. The minimum absolute atomic E-state index is 0.0638. The number of carboxylic acid groups (broad SMARTS) is 1. The Bertz CT molecular complexity index is 704. The molecular formula is C17H19Cl3O6. The summed E-state index contributed by atoms with van der Waals surface area (Å²) in [4.78, 5) is 34.5. The quantitative estimate of drug-likeness (QED) is 0.290. The van der Waals surface area contributed by atoms with Gasteiger partial charge in [0.05, 0.1) is 21.7 Å². The number of carbonyl (C=O) groups is 3. The van der Waals surface area contributed by atoms with Crippen LogP contribution >= 0.6 is 34.8 Å². The molecular weight excluding hydrogens is 407 g/mol. The molecule has 1 rings (SSSR count). The maximum absolute atomic E-state index is 12.5. The summed E-state index contributed by atoms with van der Waals surface area (Å²) < 4.78 is 9.92. The lowest BCUT2D eigenvalue weighted by atomic mass is 9.92. The van der Waals surface area contributed by atoms with E-state index in [0.717, 1.165) is 18.9 Å². The molecule has 1 N–H and O–H groups in total. The molecule has 2 atom stereocenters. The monoisotopic (exact) mass is 424 g/mol. The van der Waals surface area contributed by atoms with Gasteiger partial charge in [0.25, 0.3) is 0 Å². The van der Waals surface area contributed by atoms with Gasteiger partial charge in [-0.25, -0.2) is 14.4 Å². The largest absolute Gasteiger partial charge is 0.473 e. The molecule has 0 aliphatic carbocycles. The van der Waals surface area contributed by atoms with E-state index in [2.05, 4.69) is 11.7 Å². The number of halogens is 3. The predicted octanol–water partition coefficient (Wildman–Crippen LogP) is 4.87. The normalized spacial score (nSPS) is 13.0. The first-order chi connectivity index (χ1) is 12.1. The highest BCUT2D eigenvalue weighted by molar-refractivity contribution is 6.46. The van der Waals surface area contributed by atoms with Crippen LogP contribution in [0.15, 0.2) is 6.07 Å². The average Bonchev–Trinajstić information content (AvgIpc) is 2.57. The highest BCUT2D eigenvalue weighted by Gasteiger charge is 2.28. The first-order valence-electron chi connectivity index (χ1n) is 7.89. The lowest BCUT2D eigenvalue weighted by Crippen LogP contribution is -2.22. The number of benzene rings is 1. The second-order valence-corrected chi connectivity index (χ2v) is 7.09. The number of aliphatic carboxylic acids is 1. The second-order valence-electron chi connectivity index (χ2n) is 5.89. The third-order valence-corrected chi connectivity index (χ3v) is 4.96. The molecule has 0 spiro atoms. The fraction of sp³-hybridized carbons (Fsp3) is 0.471. The van der Waals surface area contributed by atoms with Crippen molar-refractivity contribution >= 4 is 52.7 Å². The Balaban J connectivity index is 3.10. The molecule has 0 heterocycles. The van der Waals surface area contributed by atoms with Gasteiger partial charge in [0.1, 0.15) is 5.56 Å². The Morgan fingerprint density at radius 2 is 1.73 bits per heavy atom. The van der Waals surface area contributed by atoms with E-state index in [1.54, 1.807) is 0 Å². The molecule has 1 aromatic carbocycles. The van der Waals surface area contributed by atoms with Crippen LogP contribution in [0.1, 0.15) is 44.0 Å². The minimum atomic E-state index is -1.85. The zero-order valence-corrected chi connectivity index (χ0v) is 16.7. The van der Waals surface area contributed by atoms with Gasteiger partial charge in [-0.1, -0.05) is 68.4 Å². The summed E-state index contributed by atoms with van der Waals surface area (Å²) in [7, 11) is 0. The van der Waals surface area contributed by atoms with Gasteiger partial charge in [0.2, 0.25) is 0 Å². The van der Waals surface area contributed by atoms with Crippen LogP contribution in [0.3, 0.4) is 0 Å². The van der Waals surface area contributed by atoms with Gasteiger partial charge in [0.15, 0.2) is 5.75 Å². The number of rotatable bonds is 7. The summed E-state index contributed by atoms with van der Waals surface area (Å²) in [6.45, 7) is 6.15. The van der Waals surface area contributed by atoms with E-state index in [1.165, 1.54) is 0 Å². The smallest absolute Gasteiger partial charge is 0.422 e. The Hall–Kier alpha value is -1.50. The van der Waals surface area contributed by atoms with Gasteiger partial charge < -0.3 is 14.6 Å². The van der Waals surface area contributed by atoms with Crippen LogP contribution < -0.4 is 4.74 Å². The molecule has 9 heteroatoms. The molecule has 0 aromatic heterocycles. The van der Waals surface area contributed by atoms with E-state index >= 15 is 0 Å². The molecule has 0 aliphatic rings. The Morgan fingerprint density at radius 3 is 2.27 bits per heavy atom. The molecule has 0 aliphatic heterocycles. The molecule has 0 fully saturated rings. The van der Waals surface area contributed by atoms with Crippen molar-refractivity contribution in [3.8, 4) is 5.75 Å². The van der Waals surface area contributed by atoms with E-state index in [1.807, 2.05) is 13.8 Å². The maximum atomic E-state index is 12.5. The maximum Gasteiger partial charge on any atom is 0.422 e. The zero-order chi connectivity index (χ0) is 20.0. The van der Waals surface area contributed by atoms with Crippen molar-refractivity contribution in [3.05, 3.63) is 26.7 Å². The molecule has 1 aromatic rings. The van der Waals surface area contributed by atoms with Crippen LogP contribution in [-0.2, 0) is 14.3 Å². The van der Waals surface area contributed by atoms with Crippen LogP contribution in [-0.4, -0.2) is 29.6 Å². The highest BCUT2D eigenvalue weighted by Crippen LogP contribution is 2.40. The van der Waals surface area contributed by atoms with Gasteiger partial charge in [-0.2, -0.15) is 0 Å². The van der Waals surface area contributed by atoms with Gasteiger partial charge in [-0.3, -0.25) is 0 Å². The fourth-order valence-corrected chi connectivity index (χ4v) is 2.90. The van der Waals surface area contributed by atoms with Gasteiger partial charge in [0, 0.05) is 0 Å². The van der Waals surface area contributed by atoms with Gasteiger partial charge in [-0.05, 0) is 17.9 Å². The van der Waals surface area contributed by atoms with Crippen molar-refractivity contribution in [2.75, 3.05) is 6.61 Å². The summed E-state index contributed by atoms with van der Waals surface area (Å²) in [5.41, 5.74) is -0.394. The molecule has 26 heavy (non-hydrogen) atoms. The summed E-state index contributed by atoms with van der Waals surface area (Å²) in [5, 5.41) is 8.13. The van der Waals surface area contributed by atoms with E-state index in [4.69, 9.17) is 44.6 Å². The highest BCUT2D eigenvalue weighted by atomic mass is 35.5. The van der Waals surface area contributed by atoms with Crippen LogP contribution in [0.4, 0.5) is 0 Å². The Morgan fingerprint density at radius 1 is 1.12 bits per heavy atom. The van der Waals surface area contributed by atoms with Crippen molar-refractivity contribution in [2.45, 2.75) is 33.6 Å². The first-order valence-corrected chi connectivity index (χ1v) is 9.03. The molecule has 144 valence electrons. The lowest BCUT2D eigenvalue weighted by Gasteiger charge is -2.20. The van der Waals surface area contributed by atoms with Crippen molar-refractivity contribution in [2.24, 2.45) is 11.8 Å². The summed E-state index contributed by atoms with van der Waals surface area (Å²) in [6.07, 6.45) is 1.98. The van der Waals surface area contributed by atoms with Crippen molar-refractivity contribution in [1.82, 2.24) is 0 Å². The third-order valence-electron chi connectivity index (χ3n) is 3.89.